The molecule has 0 aliphatic rings. The van der Waals surface area contributed by atoms with Gasteiger partial charge in [0.25, 0.3) is 0 Å². The van der Waals surface area contributed by atoms with E-state index in [2.05, 4.69) is 5.43 Å². The van der Waals surface area contributed by atoms with Crippen LogP contribution in [0.15, 0.2) is 23.1 Å². The van der Waals surface area contributed by atoms with Crippen LogP contribution in [-0.2, 0) is 4.79 Å². The van der Waals surface area contributed by atoms with Crippen LogP contribution in [0.3, 0.4) is 0 Å². The fourth-order valence-corrected chi connectivity index (χ4v) is 2.55. The molecular formula is C11H14ClFN2OS. The molecule has 6 heteroatoms. The lowest BCUT2D eigenvalue weighted by molar-refractivity contribution is -0.124. The highest BCUT2D eigenvalue weighted by Crippen LogP contribution is 2.30. The highest BCUT2D eigenvalue weighted by Gasteiger charge is 2.20. The van der Waals surface area contributed by atoms with Crippen LogP contribution >= 0.6 is 23.4 Å². The van der Waals surface area contributed by atoms with E-state index in [-0.39, 0.29) is 22.1 Å². The summed E-state index contributed by atoms with van der Waals surface area (Å²) in [4.78, 5) is 12.1. The predicted molar refractivity (Wildman–Crippen MR) is 68.2 cm³/mol. The first-order valence-corrected chi connectivity index (χ1v) is 6.33. The van der Waals surface area contributed by atoms with Crippen molar-refractivity contribution in [1.82, 2.24) is 5.43 Å². The molecule has 0 bridgehead atoms. The lowest BCUT2D eigenvalue weighted by Gasteiger charge is -2.17. The van der Waals surface area contributed by atoms with Crippen molar-refractivity contribution in [3.8, 4) is 0 Å². The van der Waals surface area contributed by atoms with Crippen molar-refractivity contribution < 1.29 is 9.18 Å². The lowest BCUT2D eigenvalue weighted by Crippen LogP contribution is -2.38. The molecular weight excluding hydrogens is 263 g/mol. The molecule has 94 valence electrons. The zero-order valence-corrected chi connectivity index (χ0v) is 11.1. The number of hydrogen-bond acceptors (Lipinski definition) is 3. The molecule has 0 spiro atoms. The van der Waals surface area contributed by atoms with Crippen LogP contribution in [0.25, 0.3) is 0 Å². The summed E-state index contributed by atoms with van der Waals surface area (Å²) in [6, 6.07) is 4.49. The predicted octanol–water partition coefficient (Wildman–Crippen LogP) is 2.59. The van der Waals surface area contributed by atoms with E-state index in [9.17, 15) is 9.18 Å². The Morgan fingerprint density at radius 2 is 2.18 bits per heavy atom. The normalized spacial score (nSPS) is 14.2. The third-order valence-corrected chi connectivity index (χ3v) is 4.07. The highest BCUT2D eigenvalue weighted by atomic mass is 35.5. The first kappa shape index (κ1) is 14.3. The van der Waals surface area contributed by atoms with Crippen molar-refractivity contribution >= 4 is 29.3 Å². The smallest absolute Gasteiger partial charge is 0.237 e. The molecule has 2 unspecified atom stereocenters. The number of carbonyl (C=O) groups excluding carboxylic acids is 1. The number of nitrogens with two attached hydrogens (primary N) is 1. The molecule has 0 aliphatic heterocycles. The second-order valence-corrected chi connectivity index (χ2v) is 5.55. The van der Waals surface area contributed by atoms with Crippen LogP contribution in [0.2, 0.25) is 5.02 Å². The first-order valence-electron chi connectivity index (χ1n) is 5.08. The summed E-state index contributed by atoms with van der Waals surface area (Å²) >= 11 is 7.13. The monoisotopic (exact) mass is 276 g/mol. The van der Waals surface area contributed by atoms with Gasteiger partial charge in [0, 0.05) is 16.1 Å². The first-order chi connectivity index (χ1) is 7.95. The molecule has 17 heavy (non-hydrogen) atoms. The summed E-state index contributed by atoms with van der Waals surface area (Å²) in [5.74, 6) is 4.16. The molecule has 1 aromatic rings. The summed E-state index contributed by atoms with van der Waals surface area (Å²) < 4.78 is 13.0. The van der Waals surface area contributed by atoms with Gasteiger partial charge in [-0.25, -0.2) is 10.2 Å². The Labute approximate surface area is 109 Å². The molecule has 3 nitrogen and oxygen atoms in total. The number of carbonyl (C=O) groups is 1. The minimum Gasteiger partial charge on any atom is -0.294 e. The van der Waals surface area contributed by atoms with Crippen LogP contribution in [-0.4, -0.2) is 11.2 Å². The molecule has 1 rings (SSSR count). The number of amides is 1. The number of halogens is 2. The highest BCUT2D eigenvalue weighted by molar-refractivity contribution is 8.00. The van der Waals surface area contributed by atoms with Crippen LogP contribution in [0.5, 0.6) is 0 Å². The molecule has 0 aromatic heterocycles. The molecule has 2 atom stereocenters. The van der Waals surface area contributed by atoms with Crippen LogP contribution in [0.4, 0.5) is 4.39 Å². The molecule has 3 N–H and O–H groups in total. The summed E-state index contributed by atoms with van der Waals surface area (Å²) in [5, 5.41) is 0.0956. The molecule has 0 saturated carbocycles. The Kier molecular flexibility index (Phi) is 5.24. The van der Waals surface area contributed by atoms with Crippen molar-refractivity contribution in [3.63, 3.8) is 0 Å². The Hall–Kier alpha value is -0.780. The Balaban J connectivity index is 2.70. The molecule has 0 fully saturated rings. The maximum Gasteiger partial charge on any atom is 0.237 e. The van der Waals surface area contributed by atoms with E-state index in [4.69, 9.17) is 17.4 Å². The molecule has 0 heterocycles. The number of thioether (sulfide) groups is 1. The van der Waals surface area contributed by atoms with Crippen LogP contribution < -0.4 is 11.3 Å². The van der Waals surface area contributed by atoms with Gasteiger partial charge in [0.05, 0.1) is 5.02 Å². The maximum atomic E-state index is 13.0. The van der Waals surface area contributed by atoms with Gasteiger partial charge in [-0.15, -0.1) is 11.8 Å². The fourth-order valence-electron chi connectivity index (χ4n) is 1.21. The maximum absolute atomic E-state index is 13.0. The number of hydrazine groups is 1. The lowest BCUT2D eigenvalue weighted by atomic mass is 10.1. The zero-order valence-electron chi connectivity index (χ0n) is 9.54. The van der Waals surface area contributed by atoms with Gasteiger partial charge in [-0.05, 0) is 18.2 Å². The summed E-state index contributed by atoms with van der Waals surface area (Å²) in [6.45, 7) is 3.69. The largest absolute Gasteiger partial charge is 0.294 e. The molecule has 0 saturated heterocycles. The van der Waals surface area contributed by atoms with E-state index >= 15 is 0 Å². The standard InChI is InChI=1S/C11H14ClFN2OS/c1-6(11(16)15-14)7(2)17-8-3-4-10(13)9(12)5-8/h3-7H,14H2,1-2H3,(H,15,16). The molecule has 1 amide bonds. The zero-order chi connectivity index (χ0) is 13.0. The van der Waals surface area contributed by atoms with Crippen molar-refractivity contribution in [1.29, 1.82) is 0 Å². The topological polar surface area (TPSA) is 55.1 Å². The Morgan fingerprint density at radius 3 is 2.71 bits per heavy atom. The number of hydrogen-bond donors (Lipinski definition) is 2. The van der Waals surface area contributed by atoms with E-state index in [1.165, 1.54) is 17.8 Å². The average molecular weight is 277 g/mol. The second-order valence-electron chi connectivity index (χ2n) is 3.70. The van der Waals surface area contributed by atoms with Crippen molar-refractivity contribution in [2.45, 2.75) is 24.0 Å². The van der Waals surface area contributed by atoms with E-state index in [0.717, 1.165) is 4.90 Å². The number of rotatable bonds is 4. The SMILES string of the molecule is CC(Sc1ccc(F)c(Cl)c1)C(C)C(=O)NN. The van der Waals surface area contributed by atoms with Crippen molar-refractivity contribution in [2.75, 3.05) is 0 Å². The quantitative estimate of drug-likeness (QED) is 0.385. The van der Waals surface area contributed by atoms with E-state index in [1.807, 2.05) is 6.92 Å². The van der Waals surface area contributed by atoms with Gasteiger partial charge in [-0.3, -0.25) is 10.2 Å². The van der Waals surface area contributed by atoms with Gasteiger partial charge in [0.2, 0.25) is 5.91 Å². The van der Waals surface area contributed by atoms with Gasteiger partial charge in [0.1, 0.15) is 5.82 Å². The van der Waals surface area contributed by atoms with Gasteiger partial charge < -0.3 is 0 Å². The van der Waals surface area contributed by atoms with Crippen LogP contribution in [0, 0.1) is 11.7 Å². The Morgan fingerprint density at radius 1 is 1.53 bits per heavy atom. The van der Waals surface area contributed by atoms with Gasteiger partial charge in [-0.2, -0.15) is 0 Å². The summed E-state index contributed by atoms with van der Waals surface area (Å²) in [7, 11) is 0. The van der Waals surface area contributed by atoms with E-state index in [0.29, 0.717) is 0 Å². The number of nitrogens with one attached hydrogen (secondary N) is 1. The van der Waals surface area contributed by atoms with Crippen molar-refractivity contribution in [2.24, 2.45) is 11.8 Å². The number of benzene rings is 1. The van der Waals surface area contributed by atoms with Crippen LogP contribution in [0.1, 0.15) is 13.8 Å². The third kappa shape index (κ3) is 3.87. The minimum atomic E-state index is -0.448. The third-order valence-electron chi connectivity index (χ3n) is 2.47. The minimum absolute atomic E-state index is 0.0140. The summed E-state index contributed by atoms with van der Waals surface area (Å²) in [6.07, 6.45) is 0. The van der Waals surface area contributed by atoms with E-state index in [1.54, 1.807) is 19.1 Å². The van der Waals surface area contributed by atoms with Gasteiger partial charge in [-0.1, -0.05) is 25.4 Å². The average Bonchev–Trinajstić information content (AvgIpc) is 2.31. The molecule has 0 aliphatic carbocycles. The summed E-state index contributed by atoms with van der Waals surface area (Å²) in [5.41, 5.74) is 2.11. The van der Waals surface area contributed by atoms with Crippen molar-refractivity contribution in [3.05, 3.63) is 29.0 Å². The Bertz CT molecular complexity index is 416. The molecule has 0 radical (unpaired) electrons. The van der Waals surface area contributed by atoms with Gasteiger partial charge in [0.15, 0.2) is 0 Å². The van der Waals surface area contributed by atoms with E-state index < -0.39 is 5.82 Å². The fraction of sp³-hybridized carbons (Fsp3) is 0.364. The second kappa shape index (κ2) is 6.23. The van der Waals surface area contributed by atoms with Gasteiger partial charge >= 0.3 is 0 Å². The molecule has 1 aromatic carbocycles.